The number of urea groups is 1. The zero-order chi connectivity index (χ0) is 14.3. The van der Waals surface area contributed by atoms with Crippen LogP contribution < -0.4 is 5.32 Å². The maximum Gasteiger partial charge on any atom is 0.322 e. The van der Waals surface area contributed by atoms with Gasteiger partial charge in [-0.25, -0.2) is 4.79 Å². The number of carbonyl (C=O) groups excluding carboxylic acids is 1. The summed E-state index contributed by atoms with van der Waals surface area (Å²) in [6, 6.07) is 5.44. The molecule has 6 heteroatoms. The van der Waals surface area contributed by atoms with E-state index >= 15 is 0 Å². The monoisotopic (exact) mass is 330 g/mol. The van der Waals surface area contributed by atoms with Crippen LogP contribution >= 0.6 is 15.9 Å². The van der Waals surface area contributed by atoms with E-state index < -0.39 is 0 Å². The van der Waals surface area contributed by atoms with Gasteiger partial charge in [0.05, 0.1) is 13.2 Å². The van der Waals surface area contributed by atoms with Crippen molar-refractivity contribution in [3.8, 4) is 0 Å². The van der Waals surface area contributed by atoms with E-state index in [4.69, 9.17) is 9.84 Å². The van der Waals surface area contributed by atoms with Crippen LogP contribution in [0.5, 0.6) is 0 Å². The Morgan fingerprint density at radius 3 is 2.84 bits per heavy atom. The van der Waals surface area contributed by atoms with Crippen LogP contribution in [-0.4, -0.2) is 49.5 Å². The number of aliphatic hydroxyl groups excluding tert-OH is 1. The van der Waals surface area contributed by atoms with E-state index in [9.17, 15) is 4.79 Å². The van der Waals surface area contributed by atoms with Crippen molar-refractivity contribution in [3.63, 3.8) is 0 Å². The summed E-state index contributed by atoms with van der Waals surface area (Å²) in [5.41, 5.74) is 1.73. The Labute approximate surface area is 121 Å². The van der Waals surface area contributed by atoms with Crippen molar-refractivity contribution in [1.82, 2.24) is 4.90 Å². The van der Waals surface area contributed by atoms with Gasteiger partial charge in [-0.15, -0.1) is 0 Å². The molecule has 0 aliphatic heterocycles. The van der Waals surface area contributed by atoms with E-state index in [1.807, 2.05) is 25.1 Å². The Bertz CT molecular complexity index is 426. The van der Waals surface area contributed by atoms with Gasteiger partial charge in [0, 0.05) is 30.4 Å². The molecule has 19 heavy (non-hydrogen) atoms. The third kappa shape index (κ3) is 5.18. The molecule has 0 radical (unpaired) electrons. The van der Waals surface area contributed by atoms with Gasteiger partial charge in [-0.1, -0.05) is 22.0 Å². The largest absolute Gasteiger partial charge is 0.395 e. The molecule has 1 aromatic carbocycles. The Morgan fingerprint density at radius 1 is 1.47 bits per heavy atom. The maximum atomic E-state index is 12.1. The number of nitrogens with zero attached hydrogens (tertiary/aromatic N) is 1. The molecule has 0 aromatic heterocycles. The summed E-state index contributed by atoms with van der Waals surface area (Å²) in [7, 11) is 1.58. The first-order valence-electron chi connectivity index (χ1n) is 6.00. The minimum absolute atomic E-state index is 0.0748. The number of carbonyl (C=O) groups is 1. The minimum Gasteiger partial charge on any atom is -0.395 e. The Balaban J connectivity index is 2.71. The van der Waals surface area contributed by atoms with E-state index in [0.717, 1.165) is 15.7 Å². The van der Waals surface area contributed by atoms with Gasteiger partial charge in [0.15, 0.2) is 0 Å². The van der Waals surface area contributed by atoms with Crippen LogP contribution in [0.4, 0.5) is 10.5 Å². The highest BCUT2D eigenvalue weighted by Crippen LogP contribution is 2.20. The third-order valence-electron chi connectivity index (χ3n) is 2.66. The van der Waals surface area contributed by atoms with Crippen LogP contribution in [0.3, 0.4) is 0 Å². The standard InChI is InChI=1S/C13H19BrN2O3/c1-10-3-4-11(14)9-12(10)15-13(18)16(5-7-17)6-8-19-2/h3-4,9,17H,5-8H2,1-2H3,(H,15,18). The highest BCUT2D eigenvalue weighted by molar-refractivity contribution is 9.10. The zero-order valence-electron chi connectivity index (χ0n) is 11.1. The number of aryl methyl sites for hydroxylation is 1. The molecule has 0 atom stereocenters. The average molecular weight is 331 g/mol. The van der Waals surface area contributed by atoms with Crippen LogP contribution in [0, 0.1) is 6.92 Å². The molecule has 0 fully saturated rings. The van der Waals surface area contributed by atoms with Gasteiger partial charge in [0.2, 0.25) is 0 Å². The van der Waals surface area contributed by atoms with E-state index in [1.54, 1.807) is 7.11 Å². The summed E-state index contributed by atoms with van der Waals surface area (Å²) in [5.74, 6) is 0. The zero-order valence-corrected chi connectivity index (χ0v) is 12.7. The van der Waals surface area contributed by atoms with Crippen LogP contribution in [0.25, 0.3) is 0 Å². The number of nitrogens with one attached hydrogen (secondary N) is 1. The normalized spacial score (nSPS) is 10.3. The van der Waals surface area contributed by atoms with Crippen molar-refractivity contribution in [3.05, 3.63) is 28.2 Å². The molecule has 2 N–H and O–H groups in total. The predicted molar refractivity (Wildman–Crippen MR) is 78.4 cm³/mol. The first kappa shape index (κ1) is 15.9. The highest BCUT2D eigenvalue weighted by Gasteiger charge is 2.13. The summed E-state index contributed by atoms with van der Waals surface area (Å²) in [5, 5.41) is 11.8. The van der Waals surface area contributed by atoms with Gasteiger partial charge in [-0.05, 0) is 24.6 Å². The van der Waals surface area contributed by atoms with Crippen LogP contribution in [0.2, 0.25) is 0 Å². The molecule has 0 unspecified atom stereocenters. The average Bonchev–Trinajstić information content (AvgIpc) is 2.38. The fourth-order valence-electron chi connectivity index (χ4n) is 1.56. The number of hydrogen-bond acceptors (Lipinski definition) is 3. The second kappa shape index (κ2) is 8.14. The first-order valence-corrected chi connectivity index (χ1v) is 6.79. The molecular weight excluding hydrogens is 312 g/mol. The summed E-state index contributed by atoms with van der Waals surface area (Å²) < 4.78 is 5.85. The molecule has 0 aliphatic rings. The van der Waals surface area contributed by atoms with E-state index in [1.165, 1.54) is 4.90 Å². The van der Waals surface area contributed by atoms with Crippen LogP contribution in [0.1, 0.15) is 5.56 Å². The minimum atomic E-state index is -0.243. The number of halogens is 1. The molecule has 0 saturated carbocycles. The molecule has 0 spiro atoms. The fraction of sp³-hybridized carbons (Fsp3) is 0.462. The van der Waals surface area contributed by atoms with Crippen molar-refractivity contribution >= 4 is 27.6 Å². The molecular formula is C13H19BrN2O3. The molecule has 2 amide bonds. The van der Waals surface area contributed by atoms with Crippen molar-refractivity contribution in [2.24, 2.45) is 0 Å². The lowest BCUT2D eigenvalue weighted by Gasteiger charge is -2.22. The topological polar surface area (TPSA) is 61.8 Å². The molecule has 1 rings (SSSR count). The molecule has 106 valence electrons. The summed E-state index contributed by atoms with van der Waals surface area (Å²) in [6.07, 6.45) is 0. The van der Waals surface area contributed by atoms with Gasteiger partial charge in [0.25, 0.3) is 0 Å². The lowest BCUT2D eigenvalue weighted by Crippen LogP contribution is -2.39. The predicted octanol–water partition coefficient (Wildman–Crippen LogP) is 2.23. The number of methoxy groups -OCH3 is 1. The van der Waals surface area contributed by atoms with Crippen molar-refractivity contribution in [2.75, 3.05) is 38.7 Å². The number of benzene rings is 1. The smallest absolute Gasteiger partial charge is 0.322 e. The van der Waals surface area contributed by atoms with E-state index in [-0.39, 0.29) is 19.2 Å². The molecule has 0 bridgehead atoms. The van der Waals surface area contributed by atoms with Crippen molar-refractivity contribution in [2.45, 2.75) is 6.92 Å². The van der Waals surface area contributed by atoms with Gasteiger partial charge < -0.3 is 20.1 Å². The molecule has 5 nitrogen and oxygen atoms in total. The Kier molecular flexibility index (Phi) is 6.83. The number of ether oxygens (including phenoxy) is 1. The third-order valence-corrected chi connectivity index (χ3v) is 3.16. The quantitative estimate of drug-likeness (QED) is 0.840. The number of rotatable bonds is 6. The van der Waals surface area contributed by atoms with E-state index in [2.05, 4.69) is 21.2 Å². The second-order valence-electron chi connectivity index (χ2n) is 4.09. The fourth-order valence-corrected chi connectivity index (χ4v) is 1.92. The molecule has 1 aromatic rings. The highest BCUT2D eigenvalue weighted by atomic mass is 79.9. The number of hydrogen-bond donors (Lipinski definition) is 2. The number of amides is 2. The molecule has 0 heterocycles. The lowest BCUT2D eigenvalue weighted by atomic mass is 10.2. The summed E-state index contributed by atoms with van der Waals surface area (Å²) in [6.45, 7) is 3.01. The van der Waals surface area contributed by atoms with E-state index in [0.29, 0.717) is 13.2 Å². The second-order valence-corrected chi connectivity index (χ2v) is 5.01. The molecule has 0 saturated heterocycles. The van der Waals surface area contributed by atoms with Gasteiger partial charge in [0.1, 0.15) is 0 Å². The first-order chi connectivity index (χ1) is 9.08. The van der Waals surface area contributed by atoms with Gasteiger partial charge >= 0.3 is 6.03 Å². The summed E-state index contributed by atoms with van der Waals surface area (Å²) in [4.78, 5) is 13.6. The van der Waals surface area contributed by atoms with Gasteiger partial charge in [-0.3, -0.25) is 0 Å². The maximum absolute atomic E-state index is 12.1. The van der Waals surface area contributed by atoms with Crippen molar-refractivity contribution in [1.29, 1.82) is 0 Å². The molecule has 0 aliphatic carbocycles. The van der Waals surface area contributed by atoms with Crippen molar-refractivity contribution < 1.29 is 14.6 Å². The van der Waals surface area contributed by atoms with Gasteiger partial charge in [-0.2, -0.15) is 0 Å². The lowest BCUT2D eigenvalue weighted by molar-refractivity contribution is 0.142. The SMILES string of the molecule is COCCN(CCO)C(=O)Nc1cc(Br)ccc1C. The van der Waals surface area contributed by atoms with Crippen LogP contribution in [0.15, 0.2) is 22.7 Å². The number of anilines is 1. The number of aliphatic hydroxyl groups is 1. The summed E-state index contributed by atoms with van der Waals surface area (Å²) >= 11 is 3.37. The Hall–Kier alpha value is -1.11. The Morgan fingerprint density at radius 2 is 2.21 bits per heavy atom. The van der Waals surface area contributed by atoms with Crippen LogP contribution in [-0.2, 0) is 4.74 Å².